The van der Waals surface area contributed by atoms with Crippen molar-refractivity contribution in [2.24, 2.45) is 0 Å². The monoisotopic (exact) mass is 379 g/mol. The molecule has 0 saturated heterocycles. The van der Waals surface area contributed by atoms with Crippen molar-refractivity contribution >= 4 is 22.4 Å². The van der Waals surface area contributed by atoms with Gasteiger partial charge >= 0.3 is 0 Å². The average Bonchev–Trinajstić information content (AvgIpc) is 3.14. The van der Waals surface area contributed by atoms with Gasteiger partial charge < -0.3 is 14.2 Å². The summed E-state index contributed by atoms with van der Waals surface area (Å²) in [6, 6.07) is 3.65. The van der Waals surface area contributed by atoms with Gasteiger partial charge in [0.2, 0.25) is 16.8 Å². The Labute approximate surface area is 157 Å². The molecular weight excluding hydrogens is 354 g/mol. The fourth-order valence-electron chi connectivity index (χ4n) is 2.55. The highest BCUT2D eigenvalue weighted by molar-refractivity contribution is 7.18. The molecule has 1 amide bonds. The number of rotatable bonds is 9. The molecule has 0 aliphatic rings. The van der Waals surface area contributed by atoms with Crippen LogP contribution in [0.5, 0.6) is 17.2 Å². The van der Waals surface area contributed by atoms with E-state index in [9.17, 15) is 4.79 Å². The lowest BCUT2D eigenvalue weighted by atomic mass is 10.2. The zero-order chi connectivity index (χ0) is 19.1. The summed E-state index contributed by atoms with van der Waals surface area (Å²) < 4.78 is 16.1. The Morgan fingerprint density at radius 2 is 1.69 bits per heavy atom. The molecule has 0 aliphatic heterocycles. The normalized spacial score (nSPS) is 10.5. The number of amides is 1. The first-order valence-electron chi connectivity index (χ1n) is 8.53. The van der Waals surface area contributed by atoms with Gasteiger partial charge in [-0.05, 0) is 25.0 Å². The minimum atomic E-state index is 0.0712. The first-order chi connectivity index (χ1) is 12.6. The second kappa shape index (κ2) is 9.38. The number of benzene rings is 1. The molecule has 2 aromatic rings. The number of aromatic nitrogens is 2. The largest absolute Gasteiger partial charge is 0.493 e. The molecule has 0 fully saturated rings. The lowest BCUT2D eigenvalue weighted by Crippen LogP contribution is -2.31. The van der Waals surface area contributed by atoms with Crippen molar-refractivity contribution in [1.82, 2.24) is 10.2 Å². The van der Waals surface area contributed by atoms with Gasteiger partial charge in [0.05, 0.1) is 21.3 Å². The smallest absolute Gasteiger partial charge is 0.228 e. The second-order valence-corrected chi connectivity index (χ2v) is 6.56. The Bertz CT molecular complexity index is 723. The summed E-state index contributed by atoms with van der Waals surface area (Å²) in [5.41, 5.74) is 0.794. The third kappa shape index (κ3) is 4.24. The van der Waals surface area contributed by atoms with Crippen molar-refractivity contribution in [2.75, 3.05) is 32.8 Å². The van der Waals surface area contributed by atoms with E-state index in [1.54, 1.807) is 26.2 Å². The van der Waals surface area contributed by atoms with Gasteiger partial charge in [0, 0.05) is 18.5 Å². The predicted molar refractivity (Wildman–Crippen MR) is 103 cm³/mol. The third-order valence-electron chi connectivity index (χ3n) is 3.77. The van der Waals surface area contributed by atoms with Crippen LogP contribution in [0.15, 0.2) is 12.1 Å². The molecule has 0 saturated carbocycles. The van der Waals surface area contributed by atoms with Crippen LogP contribution in [0.2, 0.25) is 0 Å². The molecule has 7 nitrogen and oxygen atoms in total. The maximum Gasteiger partial charge on any atom is 0.228 e. The van der Waals surface area contributed by atoms with Crippen molar-refractivity contribution in [3.05, 3.63) is 12.1 Å². The first kappa shape index (κ1) is 20.0. The maximum absolute atomic E-state index is 12.4. The van der Waals surface area contributed by atoms with E-state index in [-0.39, 0.29) is 5.91 Å². The molecule has 0 aliphatic carbocycles. The standard InChI is InChI=1S/C18H25N3O4S/c1-6-8-15(22)21(9-7-2)18-20-19-17(26-18)12-10-13(23-3)16(25-5)14(11-12)24-4/h10-11H,6-9H2,1-5H3. The Morgan fingerprint density at radius 3 is 2.19 bits per heavy atom. The van der Waals surface area contributed by atoms with Gasteiger partial charge in [-0.15, -0.1) is 10.2 Å². The highest BCUT2D eigenvalue weighted by atomic mass is 32.1. The molecule has 8 heteroatoms. The molecule has 1 heterocycles. The molecule has 0 N–H and O–H groups in total. The summed E-state index contributed by atoms with van der Waals surface area (Å²) in [4.78, 5) is 14.1. The number of carbonyl (C=O) groups excluding carboxylic acids is 1. The number of nitrogens with zero attached hydrogens (tertiary/aromatic N) is 3. The van der Waals surface area contributed by atoms with Crippen molar-refractivity contribution < 1.29 is 19.0 Å². The van der Waals surface area contributed by atoms with Crippen molar-refractivity contribution in [3.63, 3.8) is 0 Å². The van der Waals surface area contributed by atoms with Crippen LogP contribution in [-0.2, 0) is 4.79 Å². The summed E-state index contributed by atoms with van der Waals surface area (Å²) in [5, 5.41) is 9.78. The van der Waals surface area contributed by atoms with Gasteiger partial charge in [-0.3, -0.25) is 9.69 Å². The second-order valence-electron chi connectivity index (χ2n) is 5.60. The van der Waals surface area contributed by atoms with E-state index in [1.165, 1.54) is 11.3 Å². The number of hydrogen-bond acceptors (Lipinski definition) is 7. The highest BCUT2D eigenvalue weighted by Crippen LogP contribution is 2.42. The van der Waals surface area contributed by atoms with Crippen LogP contribution < -0.4 is 19.1 Å². The summed E-state index contributed by atoms with van der Waals surface area (Å²) in [5.74, 6) is 1.69. The van der Waals surface area contributed by atoms with Gasteiger partial charge in [-0.1, -0.05) is 25.2 Å². The van der Waals surface area contributed by atoms with Crippen LogP contribution in [-0.4, -0.2) is 44.0 Å². The minimum absolute atomic E-state index is 0.0712. The van der Waals surface area contributed by atoms with E-state index in [4.69, 9.17) is 14.2 Å². The fraction of sp³-hybridized carbons (Fsp3) is 0.500. The summed E-state index contributed by atoms with van der Waals surface area (Å²) in [7, 11) is 4.70. The molecule has 1 aromatic carbocycles. The summed E-state index contributed by atoms with van der Waals surface area (Å²) in [6.07, 6.45) is 2.16. The topological polar surface area (TPSA) is 73.8 Å². The van der Waals surface area contributed by atoms with E-state index < -0.39 is 0 Å². The lowest BCUT2D eigenvalue weighted by molar-refractivity contribution is -0.118. The Morgan fingerprint density at radius 1 is 1.04 bits per heavy atom. The van der Waals surface area contributed by atoms with Gasteiger partial charge in [-0.2, -0.15) is 0 Å². The SMILES string of the molecule is CCCC(=O)N(CCC)c1nnc(-c2cc(OC)c(OC)c(OC)c2)s1. The quantitative estimate of drug-likeness (QED) is 0.660. The Kier molecular flexibility index (Phi) is 7.20. The van der Waals surface area contributed by atoms with E-state index in [0.717, 1.165) is 18.4 Å². The van der Waals surface area contributed by atoms with E-state index in [2.05, 4.69) is 10.2 Å². The van der Waals surface area contributed by atoms with Crippen LogP contribution >= 0.6 is 11.3 Å². The number of methoxy groups -OCH3 is 3. The van der Waals surface area contributed by atoms with Crippen molar-refractivity contribution in [1.29, 1.82) is 0 Å². The van der Waals surface area contributed by atoms with Crippen LogP contribution in [0.3, 0.4) is 0 Å². The molecule has 0 bridgehead atoms. The summed E-state index contributed by atoms with van der Waals surface area (Å²) >= 11 is 1.37. The number of hydrogen-bond donors (Lipinski definition) is 0. The van der Waals surface area contributed by atoms with Crippen molar-refractivity contribution in [2.45, 2.75) is 33.1 Å². The van der Waals surface area contributed by atoms with Gasteiger partial charge in [0.15, 0.2) is 11.5 Å². The molecule has 0 spiro atoms. The zero-order valence-electron chi connectivity index (χ0n) is 15.9. The first-order valence-corrected chi connectivity index (χ1v) is 9.35. The Balaban J connectivity index is 2.40. The zero-order valence-corrected chi connectivity index (χ0v) is 16.7. The molecular formula is C18H25N3O4S. The average molecular weight is 379 g/mol. The molecule has 0 atom stereocenters. The lowest BCUT2D eigenvalue weighted by Gasteiger charge is -2.17. The van der Waals surface area contributed by atoms with Crippen molar-refractivity contribution in [3.8, 4) is 27.8 Å². The van der Waals surface area contributed by atoms with Gasteiger partial charge in [0.1, 0.15) is 5.01 Å². The molecule has 2 rings (SSSR count). The fourth-order valence-corrected chi connectivity index (χ4v) is 3.42. The molecule has 1 aromatic heterocycles. The number of ether oxygens (including phenoxy) is 3. The van der Waals surface area contributed by atoms with E-state index in [1.807, 2.05) is 26.0 Å². The summed E-state index contributed by atoms with van der Waals surface area (Å²) in [6.45, 7) is 4.65. The molecule has 26 heavy (non-hydrogen) atoms. The van der Waals surface area contributed by atoms with Crippen LogP contribution in [0.1, 0.15) is 33.1 Å². The molecule has 0 radical (unpaired) electrons. The maximum atomic E-state index is 12.4. The van der Waals surface area contributed by atoms with Gasteiger partial charge in [-0.25, -0.2) is 0 Å². The molecule has 0 unspecified atom stereocenters. The highest BCUT2D eigenvalue weighted by Gasteiger charge is 2.21. The van der Waals surface area contributed by atoms with E-state index >= 15 is 0 Å². The van der Waals surface area contributed by atoms with Crippen LogP contribution in [0.25, 0.3) is 10.6 Å². The number of anilines is 1. The van der Waals surface area contributed by atoms with Gasteiger partial charge in [0.25, 0.3) is 0 Å². The third-order valence-corrected chi connectivity index (χ3v) is 4.76. The number of carbonyl (C=O) groups is 1. The van der Waals surface area contributed by atoms with Crippen LogP contribution in [0.4, 0.5) is 5.13 Å². The predicted octanol–water partition coefficient (Wildman–Crippen LogP) is 3.77. The molecule has 142 valence electrons. The van der Waals surface area contributed by atoms with Crippen LogP contribution in [0, 0.1) is 0 Å². The Hall–Kier alpha value is -2.35. The minimum Gasteiger partial charge on any atom is -0.493 e. The van der Waals surface area contributed by atoms with E-state index in [0.29, 0.717) is 40.4 Å².